The Morgan fingerprint density at radius 1 is 1.18 bits per heavy atom. The van der Waals surface area contributed by atoms with Crippen molar-refractivity contribution in [3.8, 4) is 0 Å². The molecule has 3 heterocycles. The first-order chi connectivity index (χ1) is 18.6. The molecule has 1 saturated heterocycles. The van der Waals surface area contributed by atoms with Crippen LogP contribution in [0.3, 0.4) is 0 Å². The molecule has 0 bridgehead atoms. The fourth-order valence-electron chi connectivity index (χ4n) is 6.43. The van der Waals surface area contributed by atoms with Crippen LogP contribution in [0.15, 0.2) is 40.7 Å². The van der Waals surface area contributed by atoms with Gasteiger partial charge < -0.3 is 15.5 Å². The van der Waals surface area contributed by atoms with Crippen molar-refractivity contribution >= 4 is 34.8 Å². The zero-order valence-corrected chi connectivity index (χ0v) is 24.2. The molecular weight excluding hydrogens is 512 g/mol. The number of halogens is 1. The SMILES string of the molecule is CCCCC1CC(C)(C)C2=C1c1cc(C(=O)NCc3ccc(Cl)cc3)c(=O)n(CC(=O)N3CC(C)C3)c1NC2. The average molecular weight is 551 g/mol. The Balaban J connectivity index is 1.55. The minimum Gasteiger partial charge on any atom is -0.367 e. The Labute approximate surface area is 235 Å². The Morgan fingerprint density at radius 2 is 1.90 bits per heavy atom. The van der Waals surface area contributed by atoms with Crippen molar-refractivity contribution in [2.24, 2.45) is 17.3 Å². The van der Waals surface area contributed by atoms with Crippen molar-refractivity contribution < 1.29 is 9.59 Å². The second-order valence-corrected chi connectivity index (χ2v) is 12.5. The number of rotatable bonds is 8. The number of allylic oxidation sites excluding steroid dienone is 1. The van der Waals surface area contributed by atoms with Gasteiger partial charge in [-0.25, -0.2) is 0 Å². The summed E-state index contributed by atoms with van der Waals surface area (Å²) in [5.41, 5.74) is 4.04. The Hall–Kier alpha value is -3.06. The Bertz CT molecular complexity index is 1370. The summed E-state index contributed by atoms with van der Waals surface area (Å²) in [6, 6.07) is 9.01. The maximum absolute atomic E-state index is 13.8. The van der Waals surface area contributed by atoms with Crippen LogP contribution in [0.4, 0.5) is 5.82 Å². The van der Waals surface area contributed by atoms with Crippen molar-refractivity contribution in [2.45, 2.75) is 66.5 Å². The lowest BCUT2D eigenvalue weighted by molar-refractivity contribution is -0.137. The summed E-state index contributed by atoms with van der Waals surface area (Å²) >= 11 is 6.00. The molecule has 1 aromatic heterocycles. The summed E-state index contributed by atoms with van der Waals surface area (Å²) in [6.45, 7) is 11.1. The number of anilines is 1. The van der Waals surface area contributed by atoms with Crippen molar-refractivity contribution in [1.29, 1.82) is 0 Å². The van der Waals surface area contributed by atoms with E-state index in [1.54, 1.807) is 23.1 Å². The van der Waals surface area contributed by atoms with Gasteiger partial charge >= 0.3 is 0 Å². The van der Waals surface area contributed by atoms with Crippen molar-refractivity contribution in [3.63, 3.8) is 0 Å². The highest BCUT2D eigenvalue weighted by molar-refractivity contribution is 6.30. The predicted molar refractivity (Wildman–Crippen MR) is 156 cm³/mol. The molecule has 1 unspecified atom stereocenters. The maximum Gasteiger partial charge on any atom is 0.265 e. The van der Waals surface area contributed by atoms with Gasteiger partial charge in [0.15, 0.2) is 0 Å². The van der Waals surface area contributed by atoms with E-state index >= 15 is 0 Å². The Kier molecular flexibility index (Phi) is 7.64. The topological polar surface area (TPSA) is 83.4 Å². The zero-order valence-electron chi connectivity index (χ0n) is 23.4. The molecule has 7 nitrogen and oxygen atoms in total. The maximum atomic E-state index is 13.8. The second-order valence-electron chi connectivity index (χ2n) is 12.1. The van der Waals surface area contributed by atoms with Gasteiger partial charge in [-0.2, -0.15) is 0 Å². The number of fused-ring (bicyclic) bond motifs is 2. The average Bonchev–Trinajstić information content (AvgIpc) is 3.16. The van der Waals surface area contributed by atoms with Gasteiger partial charge in [-0.1, -0.05) is 64.3 Å². The third-order valence-corrected chi connectivity index (χ3v) is 8.80. The largest absolute Gasteiger partial charge is 0.367 e. The van der Waals surface area contributed by atoms with Crippen LogP contribution < -0.4 is 16.2 Å². The molecule has 2 aromatic rings. The van der Waals surface area contributed by atoms with Crippen LogP contribution in [0.2, 0.25) is 5.02 Å². The normalized spacial score (nSPS) is 19.7. The van der Waals surface area contributed by atoms with Crippen LogP contribution in [-0.4, -0.2) is 40.9 Å². The molecule has 2 N–H and O–H groups in total. The van der Waals surface area contributed by atoms with Crippen LogP contribution in [0, 0.1) is 17.3 Å². The number of hydrogen-bond donors (Lipinski definition) is 2. The Morgan fingerprint density at radius 3 is 2.56 bits per heavy atom. The van der Waals surface area contributed by atoms with Gasteiger partial charge in [-0.3, -0.25) is 19.0 Å². The molecule has 1 fully saturated rings. The highest BCUT2D eigenvalue weighted by Crippen LogP contribution is 2.54. The van der Waals surface area contributed by atoms with E-state index in [4.69, 9.17) is 11.6 Å². The molecule has 5 rings (SSSR count). The van der Waals surface area contributed by atoms with E-state index in [1.807, 2.05) is 12.1 Å². The van der Waals surface area contributed by atoms with Gasteiger partial charge in [-0.15, -0.1) is 0 Å². The number of carbonyl (C=O) groups excluding carboxylic acids is 2. The lowest BCUT2D eigenvalue weighted by Gasteiger charge is -2.37. The number of nitrogens with zero attached hydrogens (tertiary/aromatic N) is 2. The molecule has 0 spiro atoms. The van der Waals surface area contributed by atoms with Crippen molar-refractivity contribution in [1.82, 2.24) is 14.8 Å². The van der Waals surface area contributed by atoms with Gasteiger partial charge in [0.25, 0.3) is 11.5 Å². The highest BCUT2D eigenvalue weighted by Gasteiger charge is 2.42. The number of carbonyl (C=O) groups is 2. The van der Waals surface area contributed by atoms with Crippen LogP contribution >= 0.6 is 11.6 Å². The number of amides is 2. The molecule has 1 aromatic carbocycles. The van der Waals surface area contributed by atoms with Gasteiger partial charge in [0.05, 0.1) is 0 Å². The van der Waals surface area contributed by atoms with E-state index in [2.05, 4.69) is 38.3 Å². The first-order valence-corrected chi connectivity index (χ1v) is 14.5. The third kappa shape index (κ3) is 5.38. The first-order valence-electron chi connectivity index (χ1n) is 14.1. The molecule has 0 saturated carbocycles. The lowest BCUT2D eigenvalue weighted by atomic mass is 9.83. The minimum absolute atomic E-state index is 0.0278. The number of nitrogens with one attached hydrogen (secondary N) is 2. The molecule has 208 valence electrons. The van der Waals surface area contributed by atoms with Gasteiger partial charge in [0.1, 0.15) is 17.9 Å². The van der Waals surface area contributed by atoms with Crippen LogP contribution in [0.1, 0.15) is 74.9 Å². The van der Waals surface area contributed by atoms with Crippen LogP contribution in [0.5, 0.6) is 0 Å². The van der Waals surface area contributed by atoms with Crippen LogP contribution in [0.25, 0.3) is 5.57 Å². The van der Waals surface area contributed by atoms with Gasteiger partial charge in [-0.05, 0) is 65.0 Å². The standard InChI is InChI=1S/C31H39ClN4O3/c1-5-6-7-21-13-31(3,4)25-15-33-28-23(27(21)25)12-24(29(38)34-14-20-8-10-22(32)11-9-20)30(39)36(28)18-26(37)35-16-19(2)17-35/h8-12,19,21,33H,5-7,13-18H2,1-4H3,(H,34,38). The summed E-state index contributed by atoms with van der Waals surface area (Å²) in [5, 5.41) is 7.02. The first kappa shape index (κ1) is 27.5. The van der Waals surface area contributed by atoms with E-state index in [0.29, 0.717) is 42.3 Å². The number of unbranched alkanes of at least 4 members (excludes halogenated alkanes) is 1. The van der Waals surface area contributed by atoms with E-state index < -0.39 is 11.5 Å². The predicted octanol–water partition coefficient (Wildman–Crippen LogP) is 5.33. The zero-order chi connectivity index (χ0) is 27.9. The van der Waals surface area contributed by atoms with Gasteiger partial charge in [0, 0.05) is 36.8 Å². The molecule has 1 atom stereocenters. The summed E-state index contributed by atoms with van der Waals surface area (Å²) < 4.78 is 1.50. The minimum atomic E-state index is -0.441. The summed E-state index contributed by atoms with van der Waals surface area (Å²) in [4.78, 5) is 42.2. The third-order valence-electron chi connectivity index (χ3n) is 8.55. The fraction of sp³-hybridized carbons (Fsp3) is 0.516. The molecule has 3 aliphatic rings. The molecule has 2 aliphatic heterocycles. The van der Waals surface area contributed by atoms with Gasteiger partial charge in [0.2, 0.25) is 5.91 Å². The van der Waals surface area contributed by atoms with E-state index in [-0.39, 0.29) is 30.0 Å². The quantitative estimate of drug-likeness (QED) is 0.465. The smallest absolute Gasteiger partial charge is 0.265 e. The lowest BCUT2D eigenvalue weighted by Crippen LogP contribution is -2.51. The molecule has 0 radical (unpaired) electrons. The summed E-state index contributed by atoms with van der Waals surface area (Å²) in [7, 11) is 0. The molecule has 39 heavy (non-hydrogen) atoms. The second kappa shape index (κ2) is 10.8. The summed E-state index contributed by atoms with van der Waals surface area (Å²) in [6.07, 6.45) is 4.35. The number of benzene rings is 1. The fourth-order valence-corrected chi connectivity index (χ4v) is 6.56. The van der Waals surface area contributed by atoms with E-state index in [9.17, 15) is 14.4 Å². The van der Waals surface area contributed by atoms with E-state index in [0.717, 1.165) is 36.8 Å². The number of likely N-dealkylation sites (tertiary alicyclic amines) is 1. The molecular formula is C31H39ClN4O3. The van der Waals surface area contributed by atoms with Crippen molar-refractivity contribution in [2.75, 3.05) is 25.0 Å². The monoisotopic (exact) mass is 550 g/mol. The highest BCUT2D eigenvalue weighted by atomic mass is 35.5. The molecule has 2 amide bonds. The van der Waals surface area contributed by atoms with Crippen molar-refractivity contribution in [3.05, 3.63) is 68.0 Å². The number of aromatic nitrogens is 1. The van der Waals surface area contributed by atoms with E-state index in [1.165, 1.54) is 15.7 Å². The number of pyridine rings is 1. The summed E-state index contributed by atoms with van der Waals surface area (Å²) in [5.74, 6) is 0.960. The van der Waals surface area contributed by atoms with Crippen LogP contribution in [-0.2, 0) is 17.9 Å². The number of hydrogen-bond acceptors (Lipinski definition) is 4. The molecule has 1 aliphatic carbocycles. The molecule has 8 heteroatoms.